The van der Waals surface area contributed by atoms with Crippen LogP contribution in [0.1, 0.15) is 22.7 Å². The number of ether oxygens (including phenoxy) is 2. The number of nitrogens with zero attached hydrogens (tertiary/aromatic N) is 2. The van der Waals surface area contributed by atoms with Gasteiger partial charge in [-0.25, -0.2) is 4.39 Å². The number of carbonyl (C=O) groups excluding carboxylic acids is 2. The van der Waals surface area contributed by atoms with Gasteiger partial charge in [0.05, 0.1) is 30.8 Å². The highest BCUT2D eigenvalue weighted by Gasteiger charge is 2.46. The Morgan fingerprint density at radius 2 is 1.73 bits per heavy atom. The minimum Gasteiger partial charge on any atom is -0.507 e. The number of likely N-dealkylation sites (tertiary alicyclic amines) is 1. The molecule has 0 aromatic heterocycles. The molecule has 1 unspecified atom stereocenters. The first kappa shape index (κ1) is 25.4. The summed E-state index contributed by atoms with van der Waals surface area (Å²) >= 11 is 0. The van der Waals surface area contributed by atoms with Gasteiger partial charge in [0.15, 0.2) is 11.5 Å². The van der Waals surface area contributed by atoms with Crippen LogP contribution in [-0.2, 0) is 16.0 Å². The first-order valence-electron chi connectivity index (χ1n) is 11.2. The number of amides is 1. The van der Waals surface area contributed by atoms with Crippen LogP contribution in [0.2, 0.25) is 0 Å². The summed E-state index contributed by atoms with van der Waals surface area (Å²) in [6, 6.07) is 14.5. The van der Waals surface area contributed by atoms with Crippen LogP contribution in [-0.4, -0.2) is 47.4 Å². The third-order valence-electron chi connectivity index (χ3n) is 6.14. The van der Waals surface area contributed by atoms with Crippen molar-refractivity contribution in [1.82, 2.24) is 4.90 Å². The number of methoxy groups -OCH3 is 2. The van der Waals surface area contributed by atoms with E-state index < -0.39 is 34.2 Å². The molecule has 0 bridgehead atoms. The van der Waals surface area contributed by atoms with Gasteiger partial charge in [-0.15, -0.1) is 0 Å². The summed E-state index contributed by atoms with van der Waals surface area (Å²) < 4.78 is 24.0. The molecule has 190 valence electrons. The maximum Gasteiger partial charge on any atom is 0.295 e. The summed E-state index contributed by atoms with van der Waals surface area (Å²) in [7, 11) is 3.01. The Balaban J connectivity index is 1.78. The Hall–Kier alpha value is -4.73. The number of aliphatic hydroxyl groups is 1. The van der Waals surface area contributed by atoms with E-state index in [4.69, 9.17) is 9.47 Å². The number of halogens is 1. The normalized spacial score (nSPS) is 16.6. The average molecular weight is 506 g/mol. The van der Waals surface area contributed by atoms with Crippen LogP contribution in [0.25, 0.3) is 5.76 Å². The number of nitro groups is 1. The van der Waals surface area contributed by atoms with Gasteiger partial charge in [-0.2, -0.15) is 0 Å². The molecule has 0 aliphatic carbocycles. The number of aliphatic hydroxyl groups excluding tert-OH is 1. The zero-order valence-electron chi connectivity index (χ0n) is 20.0. The monoisotopic (exact) mass is 506 g/mol. The van der Waals surface area contributed by atoms with Crippen molar-refractivity contribution in [3.63, 3.8) is 0 Å². The van der Waals surface area contributed by atoms with Crippen molar-refractivity contribution in [2.45, 2.75) is 12.5 Å². The summed E-state index contributed by atoms with van der Waals surface area (Å²) in [5.74, 6) is -1.81. The van der Waals surface area contributed by atoms with E-state index in [1.54, 1.807) is 24.3 Å². The maximum atomic E-state index is 13.4. The third kappa shape index (κ3) is 4.99. The lowest BCUT2D eigenvalue weighted by atomic mass is 9.95. The fourth-order valence-corrected chi connectivity index (χ4v) is 4.31. The van der Waals surface area contributed by atoms with Crippen LogP contribution in [0.5, 0.6) is 11.5 Å². The van der Waals surface area contributed by atoms with Crippen molar-refractivity contribution in [3.8, 4) is 11.5 Å². The second-order valence-corrected chi connectivity index (χ2v) is 8.29. The number of rotatable bonds is 8. The Kier molecular flexibility index (Phi) is 7.19. The number of nitro benzene ring substituents is 1. The molecule has 1 N–H and O–H groups in total. The molecule has 37 heavy (non-hydrogen) atoms. The molecule has 0 saturated carbocycles. The maximum absolute atomic E-state index is 13.4. The highest BCUT2D eigenvalue weighted by Crippen LogP contribution is 2.40. The van der Waals surface area contributed by atoms with Gasteiger partial charge in [0.1, 0.15) is 11.6 Å². The molecule has 3 aromatic carbocycles. The minimum absolute atomic E-state index is 0.0631. The SMILES string of the molecule is COc1ccc(CCN2C(=O)C(=O)C(=C(O)c3ccc(F)cc3)C2c2cccc([N+](=O)[O-])c2)cc1OC. The number of benzene rings is 3. The van der Waals surface area contributed by atoms with Gasteiger partial charge in [-0.1, -0.05) is 18.2 Å². The molecular weight excluding hydrogens is 483 g/mol. The standard InChI is InChI=1S/C27H23FN2O7/c1-36-21-11-6-16(14-22(21)37-2)12-13-29-24(18-4-3-5-20(15-18)30(34)35)23(26(32)27(29)33)25(31)17-7-9-19(28)10-8-17/h3-11,14-15,24,31H,12-13H2,1-2H3. The molecule has 1 amide bonds. The van der Waals surface area contributed by atoms with Crippen molar-refractivity contribution < 1.29 is 33.5 Å². The van der Waals surface area contributed by atoms with Crippen LogP contribution >= 0.6 is 0 Å². The second-order valence-electron chi connectivity index (χ2n) is 8.29. The van der Waals surface area contributed by atoms with E-state index in [-0.39, 0.29) is 28.9 Å². The van der Waals surface area contributed by atoms with Crippen molar-refractivity contribution in [2.75, 3.05) is 20.8 Å². The Labute approximate surface area is 211 Å². The molecule has 1 atom stereocenters. The number of Topliss-reactive ketones (excluding diaryl/α,β-unsaturated/α-hetero) is 1. The smallest absolute Gasteiger partial charge is 0.295 e. The van der Waals surface area contributed by atoms with Gasteiger partial charge in [0, 0.05) is 24.2 Å². The van der Waals surface area contributed by atoms with E-state index in [1.807, 2.05) is 0 Å². The third-order valence-corrected chi connectivity index (χ3v) is 6.14. The molecular formula is C27H23FN2O7. The zero-order valence-corrected chi connectivity index (χ0v) is 20.0. The van der Waals surface area contributed by atoms with E-state index in [9.17, 15) is 29.2 Å². The molecule has 4 rings (SSSR count). The molecule has 10 heteroatoms. The van der Waals surface area contributed by atoms with E-state index in [0.29, 0.717) is 17.9 Å². The minimum atomic E-state index is -1.09. The van der Waals surface area contributed by atoms with E-state index in [0.717, 1.165) is 17.7 Å². The van der Waals surface area contributed by atoms with Gasteiger partial charge in [0.25, 0.3) is 17.4 Å². The predicted molar refractivity (Wildman–Crippen MR) is 132 cm³/mol. The summed E-state index contributed by atoms with van der Waals surface area (Å²) in [6.45, 7) is 0.0631. The van der Waals surface area contributed by atoms with E-state index in [1.165, 1.54) is 49.5 Å². The topological polar surface area (TPSA) is 119 Å². The van der Waals surface area contributed by atoms with Crippen LogP contribution in [0.15, 0.2) is 72.3 Å². The lowest BCUT2D eigenvalue weighted by molar-refractivity contribution is -0.384. The Bertz CT molecular complexity index is 1400. The van der Waals surface area contributed by atoms with E-state index >= 15 is 0 Å². The van der Waals surface area contributed by atoms with Crippen molar-refractivity contribution >= 4 is 23.1 Å². The van der Waals surface area contributed by atoms with Gasteiger partial charge in [-0.05, 0) is 53.9 Å². The predicted octanol–water partition coefficient (Wildman–Crippen LogP) is 4.42. The fourth-order valence-electron chi connectivity index (χ4n) is 4.31. The fraction of sp³-hybridized carbons (Fsp3) is 0.185. The van der Waals surface area contributed by atoms with Crippen LogP contribution in [0, 0.1) is 15.9 Å². The highest BCUT2D eigenvalue weighted by molar-refractivity contribution is 6.46. The lowest BCUT2D eigenvalue weighted by Gasteiger charge is -2.25. The molecule has 0 spiro atoms. The van der Waals surface area contributed by atoms with Crippen LogP contribution in [0.4, 0.5) is 10.1 Å². The highest BCUT2D eigenvalue weighted by atomic mass is 19.1. The van der Waals surface area contributed by atoms with Crippen LogP contribution in [0.3, 0.4) is 0 Å². The number of hydrogen-bond donors (Lipinski definition) is 1. The summed E-state index contributed by atoms with van der Waals surface area (Å²) in [5.41, 5.74) is 0.740. The Morgan fingerprint density at radius 3 is 2.38 bits per heavy atom. The molecule has 1 fully saturated rings. The molecule has 3 aromatic rings. The number of non-ortho nitro benzene ring substituents is 1. The average Bonchev–Trinajstić information content (AvgIpc) is 3.16. The van der Waals surface area contributed by atoms with Crippen molar-refractivity contribution in [3.05, 3.63) is 105 Å². The van der Waals surface area contributed by atoms with Crippen molar-refractivity contribution in [1.29, 1.82) is 0 Å². The molecule has 1 aliphatic heterocycles. The van der Waals surface area contributed by atoms with Crippen LogP contribution < -0.4 is 9.47 Å². The molecule has 1 saturated heterocycles. The molecule has 1 aliphatic rings. The van der Waals surface area contributed by atoms with E-state index in [2.05, 4.69) is 0 Å². The largest absolute Gasteiger partial charge is 0.507 e. The summed E-state index contributed by atoms with van der Waals surface area (Å²) in [5, 5.41) is 22.4. The molecule has 0 radical (unpaired) electrons. The molecule has 1 heterocycles. The quantitative estimate of drug-likeness (QED) is 0.158. The second kappa shape index (κ2) is 10.5. The van der Waals surface area contributed by atoms with Gasteiger partial charge < -0.3 is 19.5 Å². The lowest BCUT2D eigenvalue weighted by Crippen LogP contribution is -2.31. The zero-order chi connectivity index (χ0) is 26.7. The molecule has 9 nitrogen and oxygen atoms in total. The van der Waals surface area contributed by atoms with Gasteiger partial charge in [0.2, 0.25) is 0 Å². The van der Waals surface area contributed by atoms with Crippen molar-refractivity contribution in [2.24, 2.45) is 0 Å². The van der Waals surface area contributed by atoms with Gasteiger partial charge >= 0.3 is 0 Å². The number of hydrogen-bond acceptors (Lipinski definition) is 7. The number of ketones is 1. The number of carbonyl (C=O) groups is 2. The van der Waals surface area contributed by atoms with Gasteiger partial charge in [-0.3, -0.25) is 19.7 Å². The summed E-state index contributed by atoms with van der Waals surface area (Å²) in [4.78, 5) is 38.4. The first-order valence-corrected chi connectivity index (χ1v) is 11.2. The Morgan fingerprint density at radius 1 is 1.03 bits per heavy atom. The first-order chi connectivity index (χ1) is 17.7. The summed E-state index contributed by atoms with van der Waals surface area (Å²) in [6.07, 6.45) is 0.315.